The molecule has 0 aromatic carbocycles. The van der Waals surface area contributed by atoms with Gasteiger partial charge in [0.2, 0.25) is 5.65 Å². The number of hydrogen-bond donors (Lipinski definition) is 2. The molecule has 2 aliphatic rings. The van der Waals surface area contributed by atoms with E-state index >= 15 is 0 Å². The van der Waals surface area contributed by atoms with E-state index in [0.29, 0.717) is 18.5 Å². The van der Waals surface area contributed by atoms with Crippen molar-refractivity contribution in [3.05, 3.63) is 54.1 Å². The van der Waals surface area contributed by atoms with Crippen LogP contribution in [0.4, 0.5) is 11.5 Å². The predicted molar refractivity (Wildman–Crippen MR) is 105 cm³/mol. The lowest BCUT2D eigenvalue weighted by Gasteiger charge is -2.19. The van der Waals surface area contributed by atoms with Crippen LogP contribution < -0.4 is 10.6 Å². The van der Waals surface area contributed by atoms with Crippen molar-refractivity contribution < 1.29 is 0 Å². The van der Waals surface area contributed by atoms with Crippen molar-refractivity contribution in [1.29, 1.82) is 0 Å². The lowest BCUT2D eigenvalue weighted by molar-refractivity contribution is 0.668. The highest BCUT2D eigenvalue weighted by molar-refractivity contribution is 5.70. The molecule has 0 spiro atoms. The molecular formula is C20H23N7. The summed E-state index contributed by atoms with van der Waals surface area (Å²) in [7, 11) is 0. The van der Waals surface area contributed by atoms with Crippen LogP contribution in [0.3, 0.4) is 0 Å². The zero-order chi connectivity index (χ0) is 18.1. The number of aromatic nitrogens is 5. The minimum atomic E-state index is 0.327. The van der Waals surface area contributed by atoms with Gasteiger partial charge >= 0.3 is 0 Å². The van der Waals surface area contributed by atoms with E-state index in [1.807, 2.05) is 35.0 Å². The van der Waals surface area contributed by atoms with Gasteiger partial charge in [-0.3, -0.25) is 4.98 Å². The van der Waals surface area contributed by atoms with E-state index in [0.717, 1.165) is 35.1 Å². The first-order chi connectivity index (χ1) is 13.4. The summed E-state index contributed by atoms with van der Waals surface area (Å²) in [5.41, 5.74) is 2.69. The molecule has 1 saturated carbocycles. The van der Waals surface area contributed by atoms with Gasteiger partial charge < -0.3 is 10.6 Å². The molecule has 0 bridgehead atoms. The van der Waals surface area contributed by atoms with Crippen molar-refractivity contribution in [1.82, 2.24) is 24.8 Å². The summed E-state index contributed by atoms with van der Waals surface area (Å²) in [5.74, 6) is 2.30. The van der Waals surface area contributed by atoms with Gasteiger partial charge in [-0.2, -0.15) is 4.52 Å². The van der Waals surface area contributed by atoms with Gasteiger partial charge in [-0.1, -0.05) is 18.2 Å². The van der Waals surface area contributed by atoms with Crippen LogP contribution in [-0.2, 0) is 6.54 Å². The SMILES string of the molecule is C1=CC(Nc2cc(NCc3ccccn3)c3nnc(C4CC4)n3n2)CCC1. The zero-order valence-electron chi connectivity index (χ0n) is 15.2. The maximum Gasteiger partial charge on any atom is 0.201 e. The molecule has 1 fully saturated rings. The third-order valence-electron chi connectivity index (χ3n) is 5.11. The lowest BCUT2D eigenvalue weighted by atomic mass is 10.0. The summed E-state index contributed by atoms with van der Waals surface area (Å²) in [6.07, 6.45) is 12.1. The van der Waals surface area contributed by atoms with Gasteiger partial charge in [0.05, 0.1) is 17.9 Å². The first-order valence-corrected chi connectivity index (χ1v) is 9.70. The summed E-state index contributed by atoms with van der Waals surface area (Å²) >= 11 is 0. The molecule has 7 heteroatoms. The van der Waals surface area contributed by atoms with Gasteiger partial charge in [-0.15, -0.1) is 15.3 Å². The average Bonchev–Trinajstić information content (AvgIpc) is 3.47. The summed E-state index contributed by atoms with van der Waals surface area (Å²) in [5, 5.41) is 20.6. The standard InChI is InChI=1S/C20H23N7/c1-2-6-15(7-3-1)23-18-12-17(22-13-16-8-4-5-11-21-16)20-25-24-19(14-9-10-14)27(20)26-18/h2,4-6,8,11-12,14-15,22H,1,3,7,9-10,13H2,(H,23,26). The third-order valence-corrected chi connectivity index (χ3v) is 5.11. The van der Waals surface area contributed by atoms with Gasteiger partial charge in [0.25, 0.3) is 0 Å². The normalized spacial score (nSPS) is 19.3. The van der Waals surface area contributed by atoms with E-state index < -0.39 is 0 Å². The van der Waals surface area contributed by atoms with Crippen molar-refractivity contribution in [2.45, 2.75) is 50.6 Å². The summed E-state index contributed by atoms with van der Waals surface area (Å²) in [6, 6.07) is 8.29. The Balaban J connectivity index is 1.47. The molecular weight excluding hydrogens is 338 g/mol. The van der Waals surface area contributed by atoms with Crippen molar-refractivity contribution in [3.63, 3.8) is 0 Å². The molecule has 3 heterocycles. The van der Waals surface area contributed by atoms with Crippen LogP contribution in [0, 0.1) is 0 Å². The van der Waals surface area contributed by atoms with Crippen LogP contribution in [0.25, 0.3) is 5.65 Å². The molecule has 3 aromatic heterocycles. The second kappa shape index (κ2) is 6.98. The van der Waals surface area contributed by atoms with Gasteiger partial charge in [0.15, 0.2) is 5.82 Å². The number of nitrogens with one attached hydrogen (secondary N) is 2. The van der Waals surface area contributed by atoms with Gasteiger partial charge in [0, 0.05) is 24.2 Å². The third kappa shape index (κ3) is 3.49. The fourth-order valence-electron chi connectivity index (χ4n) is 3.50. The van der Waals surface area contributed by atoms with Crippen molar-refractivity contribution in [3.8, 4) is 0 Å². The van der Waals surface area contributed by atoms with E-state index in [1.54, 1.807) is 0 Å². The maximum atomic E-state index is 4.80. The number of anilines is 2. The largest absolute Gasteiger partial charge is 0.376 e. The Hall–Kier alpha value is -2.96. The Morgan fingerprint density at radius 2 is 2.11 bits per heavy atom. The molecule has 1 unspecified atom stereocenters. The summed E-state index contributed by atoms with van der Waals surface area (Å²) in [6.45, 7) is 0.634. The van der Waals surface area contributed by atoms with E-state index in [1.165, 1.54) is 25.7 Å². The highest BCUT2D eigenvalue weighted by atomic mass is 15.4. The van der Waals surface area contributed by atoms with E-state index in [4.69, 9.17) is 5.10 Å². The van der Waals surface area contributed by atoms with Gasteiger partial charge in [0.1, 0.15) is 5.82 Å². The molecule has 2 aliphatic carbocycles. The highest BCUT2D eigenvalue weighted by Crippen LogP contribution is 2.39. The van der Waals surface area contributed by atoms with Crippen molar-refractivity contribution in [2.75, 3.05) is 10.6 Å². The van der Waals surface area contributed by atoms with Crippen LogP contribution >= 0.6 is 0 Å². The Morgan fingerprint density at radius 1 is 1.15 bits per heavy atom. The average molecular weight is 361 g/mol. The quantitative estimate of drug-likeness (QED) is 0.654. The predicted octanol–water partition coefficient (Wildman–Crippen LogP) is 3.53. The monoisotopic (exact) mass is 361 g/mol. The molecule has 0 amide bonds. The second-order valence-corrected chi connectivity index (χ2v) is 7.30. The topological polar surface area (TPSA) is 80.0 Å². The molecule has 0 aliphatic heterocycles. The van der Waals surface area contributed by atoms with Crippen LogP contribution in [0.5, 0.6) is 0 Å². The number of fused-ring (bicyclic) bond motifs is 1. The number of nitrogens with zero attached hydrogens (tertiary/aromatic N) is 5. The molecule has 138 valence electrons. The molecule has 3 aromatic rings. The van der Waals surface area contributed by atoms with Crippen molar-refractivity contribution >= 4 is 17.2 Å². The van der Waals surface area contributed by atoms with Crippen molar-refractivity contribution in [2.24, 2.45) is 0 Å². The first-order valence-electron chi connectivity index (χ1n) is 9.70. The zero-order valence-corrected chi connectivity index (χ0v) is 15.2. The molecule has 27 heavy (non-hydrogen) atoms. The smallest absolute Gasteiger partial charge is 0.201 e. The van der Waals surface area contributed by atoms with Crippen LogP contribution in [0.2, 0.25) is 0 Å². The minimum Gasteiger partial charge on any atom is -0.376 e. The maximum absolute atomic E-state index is 4.80. The van der Waals surface area contributed by atoms with E-state index in [-0.39, 0.29) is 0 Å². The molecule has 7 nitrogen and oxygen atoms in total. The second-order valence-electron chi connectivity index (χ2n) is 7.30. The summed E-state index contributed by atoms with van der Waals surface area (Å²) < 4.78 is 1.91. The Kier molecular flexibility index (Phi) is 4.20. The Labute approximate surface area is 157 Å². The minimum absolute atomic E-state index is 0.327. The van der Waals surface area contributed by atoms with E-state index in [9.17, 15) is 0 Å². The Morgan fingerprint density at radius 3 is 2.89 bits per heavy atom. The molecule has 5 rings (SSSR count). The fraction of sp³-hybridized carbons (Fsp3) is 0.400. The Bertz CT molecular complexity index is 959. The molecule has 0 radical (unpaired) electrons. The summed E-state index contributed by atoms with van der Waals surface area (Å²) in [4.78, 5) is 4.39. The van der Waals surface area contributed by atoms with Crippen LogP contribution in [0.15, 0.2) is 42.6 Å². The number of allylic oxidation sites excluding steroid dienone is 1. The first kappa shape index (κ1) is 16.2. The van der Waals surface area contributed by atoms with Gasteiger partial charge in [-0.05, 0) is 44.2 Å². The highest BCUT2D eigenvalue weighted by Gasteiger charge is 2.30. The van der Waals surface area contributed by atoms with Gasteiger partial charge in [-0.25, -0.2) is 0 Å². The molecule has 0 saturated heterocycles. The fourth-order valence-corrected chi connectivity index (χ4v) is 3.50. The number of pyridine rings is 1. The number of rotatable bonds is 6. The lowest BCUT2D eigenvalue weighted by Crippen LogP contribution is -2.20. The number of hydrogen-bond acceptors (Lipinski definition) is 6. The molecule has 2 N–H and O–H groups in total. The van der Waals surface area contributed by atoms with Crippen LogP contribution in [-0.4, -0.2) is 30.8 Å². The van der Waals surface area contributed by atoms with Crippen LogP contribution in [0.1, 0.15) is 49.5 Å². The molecule has 1 atom stereocenters. The van der Waals surface area contributed by atoms with E-state index in [2.05, 4.69) is 38.0 Å².